The van der Waals surface area contributed by atoms with E-state index in [4.69, 9.17) is 5.11 Å². The summed E-state index contributed by atoms with van der Waals surface area (Å²) >= 11 is 1.66. The van der Waals surface area contributed by atoms with Gasteiger partial charge in [0.15, 0.2) is 0 Å². The fraction of sp³-hybridized carbons (Fsp3) is 0.462. The largest absolute Gasteiger partial charge is 0.478 e. The van der Waals surface area contributed by atoms with Gasteiger partial charge in [0.25, 0.3) is 0 Å². The fourth-order valence-electron chi connectivity index (χ4n) is 1.73. The maximum atomic E-state index is 11.0. The van der Waals surface area contributed by atoms with Crippen LogP contribution in [0.15, 0.2) is 29.7 Å². The Morgan fingerprint density at radius 2 is 2.19 bits per heavy atom. The number of thiophene rings is 1. The molecule has 1 heterocycles. The van der Waals surface area contributed by atoms with Gasteiger partial charge in [-0.2, -0.15) is 0 Å². The van der Waals surface area contributed by atoms with Crippen LogP contribution in [-0.4, -0.2) is 11.1 Å². The second-order valence-electron chi connectivity index (χ2n) is 5.03. The predicted molar refractivity (Wildman–Crippen MR) is 67.7 cm³/mol. The van der Waals surface area contributed by atoms with E-state index in [2.05, 4.69) is 27.4 Å². The summed E-state index contributed by atoms with van der Waals surface area (Å²) in [7, 11) is 0. The van der Waals surface area contributed by atoms with Crippen LogP contribution in [0.2, 0.25) is 0 Å². The van der Waals surface area contributed by atoms with Crippen molar-refractivity contribution in [1.29, 1.82) is 0 Å². The van der Waals surface area contributed by atoms with E-state index in [0.717, 1.165) is 6.42 Å². The molecule has 1 aromatic heterocycles. The molecule has 0 aliphatic rings. The average molecular weight is 238 g/mol. The molecule has 0 aliphatic heterocycles. The molecule has 0 spiro atoms. The first-order valence-electron chi connectivity index (χ1n) is 5.27. The van der Waals surface area contributed by atoms with Gasteiger partial charge in [-0.15, -0.1) is 11.3 Å². The summed E-state index contributed by atoms with van der Waals surface area (Å²) in [4.78, 5) is 12.2. The molecular weight excluding hydrogens is 220 g/mol. The Hall–Kier alpha value is -1.09. The summed E-state index contributed by atoms with van der Waals surface area (Å²) in [5, 5.41) is 11.1. The summed E-state index contributed by atoms with van der Waals surface area (Å²) < 4.78 is 0. The van der Waals surface area contributed by atoms with Gasteiger partial charge in [-0.05, 0) is 23.3 Å². The minimum atomic E-state index is -0.892. The van der Waals surface area contributed by atoms with Crippen LogP contribution in [0.5, 0.6) is 0 Å². The van der Waals surface area contributed by atoms with E-state index in [-0.39, 0.29) is 11.3 Å². The lowest BCUT2D eigenvalue weighted by Crippen LogP contribution is -2.27. The Labute approximate surface area is 101 Å². The minimum absolute atomic E-state index is 0.0244. The Morgan fingerprint density at radius 3 is 2.56 bits per heavy atom. The predicted octanol–water partition coefficient (Wildman–Crippen LogP) is 3.59. The van der Waals surface area contributed by atoms with Crippen LogP contribution in [0, 0.1) is 11.3 Å². The van der Waals surface area contributed by atoms with E-state index in [1.165, 1.54) is 4.88 Å². The van der Waals surface area contributed by atoms with Crippen molar-refractivity contribution in [2.75, 3.05) is 0 Å². The number of rotatable bonds is 4. The lowest BCUT2D eigenvalue weighted by molar-refractivity contribution is -0.133. The number of hydrogen-bond donors (Lipinski definition) is 1. The van der Waals surface area contributed by atoms with Gasteiger partial charge in [0, 0.05) is 16.4 Å². The third-order valence-corrected chi connectivity index (χ3v) is 3.62. The van der Waals surface area contributed by atoms with E-state index >= 15 is 0 Å². The van der Waals surface area contributed by atoms with Gasteiger partial charge in [-0.3, -0.25) is 0 Å². The smallest absolute Gasteiger partial charge is 0.331 e. The first kappa shape index (κ1) is 13.0. The Bertz CT molecular complexity index is 371. The monoisotopic (exact) mass is 238 g/mol. The molecule has 0 aromatic carbocycles. The van der Waals surface area contributed by atoms with Gasteiger partial charge in [0.2, 0.25) is 0 Å². The zero-order chi connectivity index (χ0) is 12.3. The molecule has 0 aliphatic carbocycles. The molecule has 88 valence electrons. The Balaban J connectivity index is 2.89. The van der Waals surface area contributed by atoms with Crippen LogP contribution in [0.4, 0.5) is 0 Å². The topological polar surface area (TPSA) is 37.3 Å². The lowest BCUT2D eigenvalue weighted by atomic mass is 9.74. The third kappa shape index (κ3) is 3.20. The van der Waals surface area contributed by atoms with Crippen molar-refractivity contribution in [2.45, 2.75) is 27.2 Å². The highest BCUT2D eigenvalue weighted by atomic mass is 32.1. The van der Waals surface area contributed by atoms with Crippen molar-refractivity contribution in [3.63, 3.8) is 0 Å². The molecule has 0 radical (unpaired) electrons. The maximum Gasteiger partial charge on any atom is 0.331 e. The molecule has 0 fully saturated rings. The summed E-state index contributed by atoms with van der Waals surface area (Å²) in [5.74, 6) is -0.917. The fourth-order valence-corrected chi connectivity index (χ4v) is 2.48. The average Bonchev–Trinajstić information content (AvgIpc) is 2.63. The molecule has 16 heavy (non-hydrogen) atoms. The number of carboxylic acid groups (broad SMARTS) is 1. The Morgan fingerprint density at radius 1 is 1.56 bits per heavy atom. The second kappa shape index (κ2) is 4.83. The van der Waals surface area contributed by atoms with Gasteiger partial charge in [-0.25, -0.2) is 4.79 Å². The molecule has 1 atom stereocenters. The number of carbonyl (C=O) groups is 1. The SMILES string of the molecule is C=C(C(=O)O)C(Cc1cccs1)C(C)(C)C. The molecule has 0 saturated carbocycles. The van der Waals surface area contributed by atoms with Gasteiger partial charge >= 0.3 is 5.97 Å². The van der Waals surface area contributed by atoms with Crippen LogP contribution in [0.3, 0.4) is 0 Å². The van der Waals surface area contributed by atoms with Gasteiger partial charge < -0.3 is 5.11 Å². The molecule has 1 N–H and O–H groups in total. The van der Waals surface area contributed by atoms with Crippen LogP contribution >= 0.6 is 11.3 Å². The summed E-state index contributed by atoms with van der Waals surface area (Å²) in [6, 6.07) is 4.03. The van der Waals surface area contributed by atoms with Gasteiger partial charge in [0.05, 0.1) is 0 Å². The van der Waals surface area contributed by atoms with E-state index in [1.54, 1.807) is 11.3 Å². The highest BCUT2D eigenvalue weighted by Gasteiger charge is 2.30. The molecule has 1 rings (SSSR count). The first-order chi connectivity index (χ1) is 7.32. The number of hydrogen-bond acceptors (Lipinski definition) is 2. The van der Waals surface area contributed by atoms with Gasteiger partial charge in [0.1, 0.15) is 0 Å². The molecule has 1 aromatic rings. The highest BCUT2D eigenvalue weighted by Crippen LogP contribution is 2.35. The molecule has 0 bridgehead atoms. The highest BCUT2D eigenvalue weighted by molar-refractivity contribution is 7.09. The zero-order valence-electron chi connectivity index (χ0n) is 9.99. The van der Waals surface area contributed by atoms with Crippen molar-refractivity contribution < 1.29 is 9.90 Å². The van der Waals surface area contributed by atoms with Crippen LogP contribution in [0.25, 0.3) is 0 Å². The van der Waals surface area contributed by atoms with E-state index < -0.39 is 5.97 Å². The van der Waals surface area contributed by atoms with E-state index in [1.807, 2.05) is 17.5 Å². The molecule has 2 nitrogen and oxygen atoms in total. The molecular formula is C13H18O2S. The first-order valence-corrected chi connectivity index (χ1v) is 6.15. The van der Waals surface area contributed by atoms with E-state index in [0.29, 0.717) is 5.57 Å². The zero-order valence-corrected chi connectivity index (χ0v) is 10.8. The molecule has 1 unspecified atom stereocenters. The van der Waals surface area contributed by atoms with E-state index in [9.17, 15) is 4.79 Å². The number of carboxylic acids is 1. The number of aliphatic carboxylic acids is 1. The van der Waals surface area contributed by atoms with Crippen molar-refractivity contribution in [1.82, 2.24) is 0 Å². The van der Waals surface area contributed by atoms with Crippen molar-refractivity contribution >= 4 is 17.3 Å². The normalized spacial score (nSPS) is 13.4. The molecule has 0 saturated heterocycles. The van der Waals surface area contributed by atoms with Crippen LogP contribution < -0.4 is 0 Å². The van der Waals surface area contributed by atoms with Gasteiger partial charge in [-0.1, -0.05) is 33.4 Å². The summed E-state index contributed by atoms with van der Waals surface area (Å²) in [6.45, 7) is 9.87. The van der Waals surface area contributed by atoms with Crippen LogP contribution in [0.1, 0.15) is 25.6 Å². The summed E-state index contributed by atoms with van der Waals surface area (Å²) in [5.41, 5.74) is 0.223. The third-order valence-electron chi connectivity index (χ3n) is 2.73. The molecule has 0 amide bonds. The van der Waals surface area contributed by atoms with Crippen LogP contribution in [-0.2, 0) is 11.2 Å². The Kier molecular flexibility index (Phi) is 3.92. The molecule has 3 heteroatoms. The summed E-state index contributed by atoms with van der Waals surface area (Å²) in [6.07, 6.45) is 0.756. The van der Waals surface area contributed by atoms with Crippen molar-refractivity contribution in [2.24, 2.45) is 11.3 Å². The lowest BCUT2D eigenvalue weighted by Gasteiger charge is -2.30. The van der Waals surface area contributed by atoms with Crippen molar-refractivity contribution in [3.05, 3.63) is 34.5 Å². The quantitative estimate of drug-likeness (QED) is 0.814. The maximum absolute atomic E-state index is 11.0. The van der Waals surface area contributed by atoms with Crippen molar-refractivity contribution in [3.8, 4) is 0 Å². The minimum Gasteiger partial charge on any atom is -0.478 e. The standard InChI is InChI=1S/C13H18O2S/c1-9(12(14)15)11(13(2,3)4)8-10-6-5-7-16-10/h5-7,11H,1,8H2,2-4H3,(H,14,15). The second-order valence-corrected chi connectivity index (χ2v) is 6.06.